The predicted octanol–water partition coefficient (Wildman–Crippen LogP) is 8.44. The van der Waals surface area contributed by atoms with Crippen LogP contribution in [0.5, 0.6) is 0 Å². The number of H-pyrrole nitrogens is 2. The Morgan fingerprint density at radius 1 is 0.407 bits per heavy atom. The quantitative estimate of drug-likeness (QED) is 0.141. The molecule has 254 valence electrons. The van der Waals surface area contributed by atoms with Crippen LogP contribution in [0.15, 0.2) is 134 Å². The van der Waals surface area contributed by atoms with Crippen molar-refractivity contribution in [1.82, 2.24) is 19.9 Å². The summed E-state index contributed by atoms with van der Waals surface area (Å²) in [5.41, 5.74) is 14.2. The van der Waals surface area contributed by atoms with E-state index in [0.717, 1.165) is 89.6 Å². The van der Waals surface area contributed by atoms with Crippen molar-refractivity contribution in [3.05, 3.63) is 179 Å². The van der Waals surface area contributed by atoms with Crippen LogP contribution in [0.3, 0.4) is 0 Å². The van der Waals surface area contributed by atoms with E-state index in [0.29, 0.717) is 0 Å². The fourth-order valence-electron chi connectivity index (χ4n) is 6.85. The number of pyridine rings is 2. The van der Waals surface area contributed by atoms with E-state index in [2.05, 4.69) is 119 Å². The molecule has 0 saturated heterocycles. The average molecular weight is 695 g/mol. The largest absolute Gasteiger partial charge is 0.354 e. The van der Waals surface area contributed by atoms with Crippen molar-refractivity contribution >= 4 is 46.4 Å². The molecular weight excluding hydrogens is 661 g/mol. The average Bonchev–Trinajstić information content (AvgIpc) is 4.05. The molecule has 2 aromatic carbocycles. The third-order valence-electron chi connectivity index (χ3n) is 9.62. The van der Waals surface area contributed by atoms with E-state index in [1.807, 2.05) is 96.3 Å². The van der Waals surface area contributed by atoms with Crippen LogP contribution in [0.1, 0.15) is 45.3 Å². The van der Waals surface area contributed by atoms with Gasteiger partial charge in [0.1, 0.15) is 14.1 Å². The maximum absolute atomic E-state index is 5.28. The first-order chi connectivity index (χ1) is 26.6. The molecule has 6 nitrogen and oxygen atoms in total. The minimum absolute atomic E-state index is 0.752. The van der Waals surface area contributed by atoms with Gasteiger partial charge in [0.05, 0.1) is 44.9 Å². The zero-order chi connectivity index (χ0) is 36.4. The molecule has 7 heterocycles. The highest BCUT2D eigenvalue weighted by atomic mass is 14.9. The molecule has 0 atom stereocenters. The Morgan fingerprint density at radius 3 is 1.28 bits per heavy atom. The number of hydrogen-bond donors (Lipinski definition) is 2. The molecule has 8 bridgehead atoms. The minimum Gasteiger partial charge on any atom is -0.354 e. The van der Waals surface area contributed by atoms with Gasteiger partial charge in [0, 0.05) is 58.3 Å². The normalized spacial score (nSPS) is 11.4. The summed E-state index contributed by atoms with van der Waals surface area (Å²) in [5.74, 6) is 13.9. The van der Waals surface area contributed by atoms with Crippen LogP contribution in [0, 0.1) is 23.7 Å². The van der Waals surface area contributed by atoms with Crippen LogP contribution in [0.25, 0.3) is 68.6 Å². The lowest BCUT2D eigenvalue weighted by Crippen LogP contribution is -2.31. The highest BCUT2D eigenvalue weighted by Crippen LogP contribution is 2.34. The van der Waals surface area contributed by atoms with Crippen LogP contribution in [-0.2, 0) is 14.1 Å². The van der Waals surface area contributed by atoms with Crippen molar-refractivity contribution in [3.63, 3.8) is 0 Å². The maximum atomic E-state index is 5.28. The highest BCUT2D eigenvalue weighted by molar-refractivity contribution is 5.95. The molecule has 7 aromatic rings. The standard InChI is InChI=1S/C48H33N6/c1-53-31-11-9-17-35(53)19-21-37-39-23-27-43(49-39)47(33-13-5-3-6-14-33)45-29-25-41(51-45)38(22-20-36-18-10-12-32-54(36)2)42-26-30-46(52-42)48(34-15-7-4-8-16-34)44-28-24-40(37)50-44/h3-18,23-32H,1-2H3,(H,49,50,51,52)/q+1/p+1. The molecule has 0 radical (unpaired) electrons. The van der Waals surface area contributed by atoms with Crippen molar-refractivity contribution in [3.8, 4) is 45.9 Å². The SMILES string of the molecule is C[n+]1ccccc1C#Cc1c2nc(c(-c3ccccc3)c3ccc([nH]3)c(C#Cc3cccc[n+]3C)c3ccc([nH]3)c(-c3ccccc3)c3nc1C=C3)C=C2. The van der Waals surface area contributed by atoms with Gasteiger partial charge in [-0.25, -0.2) is 9.97 Å². The fourth-order valence-corrected chi connectivity index (χ4v) is 6.85. The van der Waals surface area contributed by atoms with E-state index in [1.54, 1.807) is 0 Å². The summed E-state index contributed by atoms with van der Waals surface area (Å²) < 4.78 is 4.04. The lowest BCUT2D eigenvalue weighted by atomic mass is 10.0. The molecule has 0 amide bonds. The third-order valence-corrected chi connectivity index (χ3v) is 9.62. The second-order valence-electron chi connectivity index (χ2n) is 13.1. The molecule has 0 fully saturated rings. The van der Waals surface area contributed by atoms with Crippen LogP contribution in [0.4, 0.5) is 0 Å². The summed E-state index contributed by atoms with van der Waals surface area (Å²) in [6.07, 6.45) is 12.2. The lowest BCUT2D eigenvalue weighted by Gasteiger charge is -2.04. The number of fused-ring (bicyclic) bond motifs is 8. The van der Waals surface area contributed by atoms with Crippen molar-refractivity contribution in [1.29, 1.82) is 0 Å². The summed E-state index contributed by atoms with van der Waals surface area (Å²) in [5, 5.41) is 0. The smallest absolute Gasteiger partial charge is 0.256 e. The molecule has 54 heavy (non-hydrogen) atoms. The Morgan fingerprint density at radius 2 is 0.815 bits per heavy atom. The van der Waals surface area contributed by atoms with Gasteiger partial charge >= 0.3 is 0 Å². The van der Waals surface area contributed by atoms with Gasteiger partial charge in [-0.05, 0) is 71.8 Å². The monoisotopic (exact) mass is 694 g/mol. The summed E-state index contributed by atoms with van der Waals surface area (Å²) >= 11 is 0. The lowest BCUT2D eigenvalue weighted by molar-refractivity contribution is -0.674. The Labute approximate surface area is 313 Å². The summed E-state index contributed by atoms with van der Waals surface area (Å²) in [6, 6.07) is 41.2. The van der Waals surface area contributed by atoms with Gasteiger partial charge in [-0.2, -0.15) is 9.13 Å². The molecule has 5 aromatic heterocycles. The van der Waals surface area contributed by atoms with Gasteiger partial charge in [-0.3, -0.25) is 0 Å². The first-order valence-corrected chi connectivity index (χ1v) is 17.8. The minimum atomic E-state index is 0.752. The number of nitrogens with one attached hydrogen (secondary N) is 2. The number of benzene rings is 2. The van der Waals surface area contributed by atoms with E-state index >= 15 is 0 Å². The summed E-state index contributed by atoms with van der Waals surface area (Å²) in [7, 11) is 4.01. The third kappa shape index (κ3) is 6.19. The number of aromatic nitrogens is 6. The number of aromatic amines is 2. The van der Waals surface area contributed by atoms with Crippen LogP contribution >= 0.6 is 0 Å². The van der Waals surface area contributed by atoms with Gasteiger partial charge in [0.15, 0.2) is 12.4 Å². The van der Waals surface area contributed by atoms with Gasteiger partial charge in [0.2, 0.25) is 0 Å². The zero-order valence-corrected chi connectivity index (χ0v) is 29.8. The van der Waals surface area contributed by atoms with Crippen molar-refractivity contribution in [2.75, 3.05) is 0 Å². The van der Waals surface area contributed by atoms with Gasteiger partial charge in [-0.1, -0.05) is 72.5 Å². The van der Waals surface area contributed by atoms with E-state index in [-0.39, 0.29) is 0 Å². The highest BCUT2D eigenvalue weighted by Gasteiger charge is 2.18. The first kappa shape index (κ1) is 32.4. The second-order valence-corrected chi connectivity index (χ2v) is 13.1. The molecule has 2 aliphatic heterocycles. The molecule has 0 unspecified atom stereocenters. The van der Waals surface area contributed by atoms with Crippen LogP contribution in [0.2, 0.25) is 0 Å². The maximum Gasteiger partial charge on any atom is 0.256 e. The Balaban J connectivity index is 1.42. The van der Waals surface area contributed by atoms with Crippen molar-refractivity contribution in [2.45, 2.75) is 0 Å². The fraction of sp³-hybridized carbons (Fsp3) is 0.0417. The number of rotatable bonds is 2. The predicted molar refractivity (Wildman–Crippen MR) is 217 cm³/mol. The van der Waals surface area contributed by atoms with Crippen molar-refractivity contribution in [2.24, 2.45) is 14.1 Å². The zero-order valence-electron chi connectivity index (χ0n) is 29.8. The number of aryl methyl sites for hydroxylation is 2. The van der Waals surface area contributed by atoms with E-state index in [1.165, 1.54) is 0 Å². The van der Waals surface area contributed by atoms with Gasteiger partial charge < -0.3 is 9.97 Å². The van der Waals surface area contributed by atoms with E-state index in [9.17, 15) is 0 Å². The van der Waals surface area contributed by atoms with Crippen LogP contribution in [-0.4, -0.2) is 19.9 Å². The molecule has 6 heteroatoms. The van der Waals surface area contributed by atoms with Crippen molar-refractivity contribution < 1.29 is 9.13 Å². The molecular formula is C48H34N6+2. The van der Waals surface area contributed by atoms with Gasteiger partial charge in [0.25, 0.3) is 11.4 Å². The molecule has 0 aliphatic carbocycles. The topological polar surface area (TPSA) is 65.1 Å². The molecule has 0 saturated carbocycles. The molecule has 9 rings (SSSR count). The first-order valence-electron chi connectivity index (χ1n) is 17.8. The molecule has 0 spiro atoms. The Bertz CT molecular complexity index is 2820. The molecule has 2 N–H and O–H groups in total. The van der Waals surface area contributed by atoms with E-state index < -0.39 is 0 Å². The Hall–Kier alpha value is -7.54. The summed E-state index contributed by atoms with van der Waals surface area (Å²) in [4.78, 5) is 18.1. The number of hydrogen-bond acceptors (Lipinski definition) is 2. The Kier molecular flexibility index (Phi) is 8.32. The second kappa shape index (κ2) is 13.9. The summed E-state index contributed by atoms with van der Waals surface area (Å²) in [6.45, 7) is 0. The molecule has 2 aliphatic rings. The number of nitrogens with zero attached hydrogens (tertiary/aromatic N) is 4. The van der Waals surface area contributed by atoms with E-state index in [4.69, 9.17) is 9.97 Å². The van der Waals surface area contributed by atoms with Crippen LogP contribution < -0.4 is 9.13 Å². The van der Waals surface area contributed by atoms with Gasteiger partial charge in [-0.15, -0.1) is 0 Å².